The molecular weight excluding hydrogens is 316 g/mol. The highest BCUT2D eigenvalue weighted by Gasteiger charge is 2.54. The zero-order valence-electron chi connectivity index (χ0n) is 15.6. The minimum absolute atomic E-state index is 0.0842. The summed E-state index contributed by atoms with van der Waals surface area (Å²) in [4.78, 5) is 24.2. The van der Waals surface area contributed by atoms with Crippen LogP contribution < -0.4 is 0 Å². The van der Waals surface area contributed by atoms with Crippen LogP contribution in [0.15, 0.2) is 47.6 Å². The fourth-order valence-corrected chi connectivity index (χ4v) is 4.60. The van der Waals surface area contributed by atoms with Crippen molar-refractivity contribution in [3.05, 3.63) is 47.6 Å². The zero-order chi connectivity index (χ0) is 19.0. The summed E-state index contributed by atoms with van der Waals surface area (Å²) in [6.45, 7) is 13.6. The smallest absolute Gasteiger partial charge is 0.305 e. The first-order valence-corrected chi connectivity index (χ1v) is 8.67. The van der Waals surface area contributed by atoms with Gasteiger partial charge in [-0.1, -0.05) is 31.7 Å². The molecule has 1 N–H and O–H groups in total. The zero-order valence-corrected chi connectivity index (χ0v) is 15.6. The van der Waals surface area contributed by atoms with Gasteiger partial charge in [-0.05, 0) is 61.7 Å². The van der Waals surface area contributed by atoms with Gasteiger partial charge in [-0.25, -0.2) is 0 Å². The van der Waals surface area contributed by atoms with Crippen molar-refractivity contribution in [2.45, 2.75) is 52.1 Å². The number of fused-ring (bicyclic) bond motifs is 1. The van der Waals surface area contributed by atoms with E-state index in [0.29, 0.717) is 29.6 Å². The maximum absolute atomic E-state index is 12.5. The largest absolute Gasteiger partial charge is 0.469 e. The number of rotatable bonds is 5. The van der Waals surface area contributed by atoms with Crippen molar-refractivity contribution in [3.8, 4) is 0 Å². The van der Waals surface area contributed by atoms with E-state index in [2.05, 4.69) is 13.2 Å². The highest BCUT2D eigenvalue weighted by molar-refractivity contribution is 6.07. The van der Waals surface area contributed by atoms with Gasteiger partial charge in [0.15, 0.2) is 5.78 Å². The van der Waals surface area contributed by atoms with Gasteiger partial charge in [-0.15, -0.1) is 0 Å². The van der Waals surface area contributed by atoms with E-state index >= 15 is 0 Å². The molecular formula is C21H28O4. The Balaban J connectivity index is 2.57. The SMILES string of the molecule is C=CC1=C(C)C(=O)C=C2C1(O)CCC(C(=C)C)C2(C)CCC(=O)OC. The molecule has 4 nitrogen and oxygen atoms in total. The molecule has 0 heterocycles. The van der Waals surface area contributed by atoms with Crippen molar-refractivity contribution < 1.29 is 19.4 Å². The first-order valence-electron chi connectivity index (χ1n) is 8.67. The second kappa shape index (κ2) is 6.75. The Labute approximate surface area is 149 Å². The number of hydrogen-bond acceptors (Lipinski definition) is 4. The number of hydrogen-bond donors (Lipinski definition) is 1. The molecule has 1 saturated carbocycles. The van der Waals surface area contributed by atoms with Gasteiger partial charge < -0.3 is 9.84 Å². The summed E-state index contributed by atoms with van der Waals surface area (Å²) in [5.41, 5.74) is 1.03. The van der Waals surface area contributed by atoms with E-state index in [4.69, 9.17) is 4.74 Å². The summed E-state index contributed by atoms with van der Waals surface area (Å²) < 4.78 is 4.79. The second-order valence-corrected chi connectivity index (χ2v) is 7.46. The lowest BCUT2D eigenvalue weighted by atomic mass is 9.53. The molecule has 0 aliphatic heterocycles. The molecule has 25 heavy (non-hydrogen) atoms. The lowest BCUT2D eigenvalue weighted by molar-refractivity contribution is -0.141. The fraction of sp³-hybridized carbons (Fsp3) is 0.524. The van der Waals surface area contributed by atoms with Crippen LogP contribution >= 0.6 is 0 Å². The van der Waals surface area contributed by atoms with Gasteiger partial charge in [0.1, 0.15) is 5.60 Å². The topological polar surface area (TPSA) is 63.6 Å². The molecule has 0 saturated heterocycles. The first-order chi connectivity index (χ1) is 11.6. The number of ketones is 1. The lowest BCUT2D eigenvalue weighted by Gasteiger charge is -2.53. The molecule has 0 aromatic carbocycles. The van der Waals surface area contributed by atoms with E-state index in [1.165, 1.54) is 7.11 Å². The van der Waals surface area contributed by atoms with E-state index in [-0.39, 0.29) is 24.1 Å². The molecule has 3 atom stereocenters. The van der Waals surface area contributed by atoms with Crippen molar-refractivity contribution in [3.63, 3.8) is 0 Å². The fourth-order valence-electron chi connectivity index (χ4n) is 4.60. The van der Waals surface area contributed by atoms with Gasteiger partial charge in [0.2, 0.25) is 0 Å². The minimum atomic E-state index is -1.21. The van der Waals surface area contributed by atoms with Crippen LogP contribution in [-0.2, 0) is 14.3 Å². The Hall–Kier alpha value is -1.94. The molecule has 4 heteroatoms. The predicted molar refractivity (Wildman–Crippen MR) is 97.8 cm³/mol. The summed E-state index contributed by atoms with van der Waals surface area (Å²) in [5.74, 6) is -0.323. The summed E-state index contributed by atoms with van der Waals surface area (Å²) in [6, 6.07) is 0. The standard InChI is InChI=1S/C21H28O4/c1-7-15-14(4)17(22)12-18-20(5,10-9-19(23)25-6)16(13(2)3)8-11-21(15,18)24/h7,12,16,24H,1-2,8-11H2,3-6H3. The monoisotopic (exact) mass is 344 g/mol. The van der Waals surface area contributed by atoms with Crippen LogP contribution in [0.3, 0.4) is 0 Å². The Morgan fingerprint density at radius 2 is 2.16 bits per heavy atom. The quantitative estimate of drug-likeness (QED) is 0.610. The molecule has 3 unspecified atom stereocenters. The third-order valence-corrected chi connectivity index (χ3v) is 5.99. The van der Waals surface area contributed by atoms with Crippen LogP contribution in [0.1, 0.15) is 46.5 Å². The van der Waals surface area contributed by atoms with Gasteiger partial charge in [0, 0.05) is 12.0 Å². The number of methoxy groups -OCH3 is 1. The molecule has 1 fully saturated rings. The van der Waals surface area contributed by atoms with Gasteiger partial charge in [-0.2, -0.15) is 0 Å². The predicted octanol–water partition coefficient (Wildman–Crippen LogP) is 3.67. The maximum Gasteiger partial charge on any atom is 0.305 e. The van der Waals surface area contributed by atoms with E-state index in [1.807, 2.05) is 13.8 Å². The summed E-state index contributed by atoms with van der Waals surface area (Å²) in [7, 11) is 1.36. The van der Waals surface area contributed by atoms with Crippen LogP contribution in [-0.4, -0.2) is 29.6 Å². The number of allylic oxidation sites excluding steroid dienone is 3. The number of aliphatic hydroxyl groups is 1. The Bertz CT molecular complexity index is 697. The normalized spacial score (nSPS) is 32.0. The first kappa shape index (κ1) is 19.4. The molecule has 136 valence electrons. The van der Waals surface area contributed by atoms with Gasteiger partial charge in [-0.3, -0.25) is 9.59 Å². The summed E-state index contributed by atoms with van der Waals surface area (Å²) in [5, 5.41) is 11.5. The van der Waals surface area contributed by atoms with Gasteiger partial charge in [0.05, 0.1) is 7.11 Å². The molecule has 2 rings (SSSR count). The molecule has 0 bridgehead atoms. The van der Waals surface area contributed by atoms with Crippen molar-refractivity contribution >= 4 is 11.8 Å². The molecule has 0 amide bonds. The van der Waals surface area contributed by atoms with Crippen LogP contribution in [0, 0.1) is 11.3 Å². The van der Waals surface area contributed by atoms with Crippen LogP contribution in [0.25, 0.3) is 0 Å². The molecule has 0 aromatic rings. The number of carbonyl (C=O) groups is 2. The number of esters is 1. The third kappa shape index (κ3) is 3.04. The van der Waals surface area contributed by atoms with Crippen molar-refractivity contribution in [1.82, 2.24) is 0 Å². The van der Waals surface area contributed by atoms with E-state index in [0.717, 1.165) is 12.0 Å². The van der Waals surface area contributed by atoms with Crippen molar-refractivity contribution in [2.24, 2.45) is 11.3 Å². The lowest BCUT2D eigenvalue weighted by Crippen LogP contribution is -2.51. The van der Waals surface area contributed by atoms with Crippen molar-refractivity contribution in [1.29, 1.82) is 0 Å². The molecule has 2 aliphatic carbocycles. The third-order valence-electron chi connectivity index (χ3n) is 5.99. The van der Waals surface area contributed by atoms with E-state index < -0.39 is 11.0 Å². The van der Waals surface area contributed by atoms with Gasteiger partial charge in [0.25, 0.3) is 0 Å². The maximum atomic E-state index is 12.5. The van der Waals surface area contributed by atoms with Crippen molar-refractivity contribution in [2.75, 3.05) is 7.11 Å². The number of carbonyl (C=O) groups excluding carboxylic acids is 2. The average molecular weight is 344 g/mol. The summed E-state index contributed by atoms with van der Waals surface area (Å²) >= 11 is 0. The highest BCUT2D eigenvalue weighted by atomic mass is 16.5. The average Bonchev–Trinajstić information content (AvgIpc) is 2.55. The molecule has 0 spiro atoms. The Morgan fingerprint density at radius 3 is 2.68 bits per heavy atom. The van der Waals surface area contributed by atoms with Crippen LogP contribution in [0.4, 0.5) is 0 Å². The van der Waals surface area contributed by atoms with Gasteiger partial charge >= 0.3 is 5.97 Å². The molecule has 0 aromatic heterocycles. The van der Waals surface area contributed by atoms with E-state index in [9.17, 15) is 14.7 Å². The Kier molecular flexibility index (Phi) is 5.24. The number of ether oxygens (including phenoxy) is 1. The highest BCUT2D eigenvalue weighted by Crippen LogP contribution is 2.57. The van der Waals surface area contributed by atoms with E-state index in [1.54, 1.807) is 19.1 Å². The Morgan fingerprint density at radius 1 is 1.52 bits per heavy atom. The van der Waals surface area contributed by atoms with Crippen LogP contribution in [0.2, 0.25) is 0 Å². The second-order valence-electron chi connectivity index (χ2n) is 7.46. The molecule has 0 radical (unpaired) electrons. The molecule has 2 aliphatic rings. The summed E-state index contributed by atoms with van der Waals surface area (Å²) in [6.07, 6.45) is 5.11. The van der Waals surface area contributed by atoms with Crippen LogP contribution in [0.5, 0.6) is 0 Å². The minimum Gasteiger partial charge on any atom is -0.469 e.